The number of carbonyl (C=O) groups excluding carboxylic acids is 1. The number of amides is 1. The lowest BCUT2D eigenvalue weighted by Gasteiger charge is -2.22. The van der Waals surface area contributed by atoms with Gasteiger partial charge >= 0.3 is 0 Å². The minimum atomic E-state index is -0.235. The number of aromatic nitrogens is 1. The molecule has 4 heteroatoms. The Morgan fingerprint density at radius 1 is 1.37 bits per heavy atom. The maximum absolute atomic E-state index is 12.1. The molecule has 1 amide bonds. The Morgan fingerprint density at radius 2 is 2.05 bits per heavy atom. The molecule has 1 N–H and O–H groups in total. The third-order valence-corrected chi connectivity index (χ3v) is 2.76. The summed E-state index contributed by atoms with van der Waals surface area (Å²) in [6.07, 6.45) is 5.69. The van der Waals surface area contributed by atoms with Crippen LogP contribution >= 0.6 is 0 Å². The first-order chi connectivity index (χ1) is 8.83. The van der Waals surface area contributed by atoms with Gasteiger partial charge in [-0.25, -0.2) is 0 Å². The lowest BCUT2D eigenvalue weighted by Crippen LogP contribution is -2.40. The van der Waals surface area contributed by atoms with Crippen LogP contribution in [0.1, 0.15) is 50.9 Å². The standard InChI is InChI=1S/C15H25N3O/c1-6-7-8-18(5)13-9-12(10-16-11-13)14(19)17-15(2,3)4/h9-11H,6-8H2,1-5H3,(H,17,19). The highest BCUT2D eigenvalue weighted by Gasteiger charge is 2.16. The molecule has 0 saturated heterocycles. The summed E-state index contributed by atoms with van der Waals surface area (Å²) in [6, 6.07) is 1.89. The van der Waals surface area contributed by atoms with Crippen LogP contribution in [0.4, 0.5) is 5.69 Å². The van der Waals surface area contributed by atoms with Gasteiger partial charge in [0, 0.05) is 25.3 Å². The van der Waals surface area contributed by atoms with Gasteiger partial charge in [0.05, 0.1) is 17.4 Å². The molecule has 4 nitrogen and oxygen atoms in total. The van der Waals surface area contributed by atoms with Crippen LogP contribution in [0.3, 0.4) is 0 Å². The fourth-order valence-corrected chi connectivity index (χ4v) is 1.70. The molecule has 19 heavy (non-hydrogen) atoms. The summed E-state index contributed by atoms with van der Waals surface area (Å²) in [5, 5.41) is 2.95. The molecule has 1 aromatic rings. The summed E-state index contributed by atoms with van der Waals surface area (Å²) < 4.78 is 0. The second-order valence-electron chi connectivity index (χ2n) is 5.91. The molecule has 0 radical (unpaired) electrons. The van der Waals surface area contributed by atoms with Crippen LogP contribution in [0.15, 0.2) is 18.5 Å². The highest BCUT2D eigenvalue weighted by Crippen LogP contribution is 2.14. The molecule has 1 aromatic heterocycles. The number of pyridine rings is 1. The van der Waals surface area contributed by atoms with Crippen molar-refractivity contribution in [2.45, 2.75) is 46.1 Å². The van der Waals surface area contributed by atoms with E-state index < -0.39 is 0 Å². The van der Waals surface area contributed by atoms with Crippen molar-refractivity contribution in [3.05, 3.63) is 24.0 Å². The van der Waals surface area contributed by atoms with Gasteiger partial charge in [-0.1, -0.05) is 13.3 Å². The SMILES string of the molecule is CCCCN(C)c1cncc(C(=O)NC(C)(C)C)c1. The Morgan fingerprint density at radius 3 is 2.63 bits per heavy atom. The Hall–Kier alpha value is -1.58. The zero-order chi connectivity index (χ0) is 14.5. The van der Waals surface area contributed by atoms with E-state index in [4.69, 9.17) is 0 Å². The first kappa shape index (κ1) is 15.5. The zero-order valence-corrected chi connectivity index (χ0v) is 12.7. The lowest BCUT2D eigenvalue weighted by molar-refractivity contribution is 0.0919. The normalized spacial score (nSPS) is 11.2. The average molecular weight is 263 g/mol. The van der Waals surface area contributed by atoms with Crippen LogP contribution < -0.4 is 10.2 Å². The van der Waals surface area contributed by atoms with E-state index >= 15 is 0 Å². The van der Waals surface area contributed by atoms with Crippen LogP contribution in [0.2, 0.25) is 0 Å². The fraction of sp³-hybridized carbons (Fsp3) is 0.600. The predicted molar refractivity (Wildman–Crippen MR) is 79.6 cm³/mol. The van der Waals surface area contributed by atoms with E-state index in [0.29, 0.717) is 5.56 Å². The number of hydrogen-bond donors (Lipinski definition) is 1. The fourth-order valence-electron chi connectivity index (χ4n) is 1.70. The van der Waals surface area contributed by atoms with E-state index in [1.807, 2.05) is 33.9 Å². The minimum Gasteiger partial charge on any atom is -0.373 e. The number of unbranched alkanes of at least 4 members (excludes halogenated alkanes) is 1. The maximum Gasteiger partial charge on any atom is 0.253 e. The van der Waals surface area contributed by atoms with E-state index in [-0.39, 0.29) is 11.4 Å². The summed E-state index contributed by atoms with van der Waals surface area (Å²) in [7, 11) is 2.03. The van der Waals surface area contributed by atoms with Crippen molar-refractivity contribution in [2.24, 2.45) is 0 Å². The molecule has 1 rings (SSSR count). The first-order valence-corrected chi connectivity index (χ1v) is 6.82. The van der Waals surface area contributed by atoms with Crippen LogP contribution in [0.5, 0.6) is 0 Å². The molecule has 0 aliphatic heterocycles. The monoisotopic (exact) mass is 263 g/mol. The quantitative estimate of drug-likeness (QED) is 0.888. The molecule has 106 valence electrons. The molecule has 0 aliphatic carbocycles. The summed E-state index contributed by atoms with van der Waals surface area (Å²) in [5.74, 6) is -0.0780. The Bertz CT molecular complexity index is 424. The van der Waals surface area contributed by atoms with Crippen molar-refractivity contribution in [1.82, 2.24) is 10.3 Å². The molecular weight excluding hydrogens is 238 g/mol. The smallest absolute Gasteiger partial charge is 0.253 e. The van der Waals surface area contributed by atoms with E-state index in [2.05, 4.69) is 22.1 Å². The molecule has 0 unspecified atom stereocenters. The second kappa shape index (κ2) is 6.55. The van der Waals surface area contributed by atoms with Crippen LogP contribution in [0.25, 0.3) is 0 Å². The summed E-state index contributed by atoms with van der Waals surface area (Å²) in [5.41, 5.74) is 1.35. The number of nitrogens with one attached hydrogen (secondary N) is 1. The van der Waals surface area contributed by atoms with Crippen molar-refractivity contribution in [1.29, 1.82) is 0 Å². The molecule has 0 bridgehead atoms. The van der Waals surface area contributed by atoms with Gasteiger partial charge in [0.25, 0.3) is 5.91 Å². The van der Waals surface area contributed by atoms with Crippen molar-refractivity contribution >= 4 is 11.6 Å². The van der Waals surface area contributed by atoms with Gasteiger partial charge in [0.15, 0.2) is 0 Å². The average Bonchev–Trinajstić information content (AvgIpc) is 2.34. The number of nitrogens with zero attached hydrogens (tertiary/aromatic N) is 2. The maximum atomic E-state index is 12.1. The zero-order valence-electron chi connectivity index (χ0n) is 12.7. The van der Waals surface area contributed by atoms with Crippen molar-refractivity contribution in [3.8, 4) is 0 Å². The summed E-state index contributed by atoms with van der Waals surface area (Å²) >= 11 is 0. The molecule has 0 spiro atoms. The highest BCUT2D eigenvalue weighted by atomic mass is 16.1. The van der Waals surface area contributed by atoms with Crippen LogP contribution in [-0.4, -0.2) is 30.0 Å². The largest absolute Gasteiger partial charge is 0.373 e. The second-order valence-corrected chi connectivity index (χ2v) is 5.91. The van der Waals surface area contributed by atoms with E-state index in [1.165, 1.54) is 0 Å². The Kier molecular flexibility index (Phi) is 5.33. The van der Waals surface area contributed by atoms with Gasteiger partial charge in [-0.3, -0.25) is 9.78 Å². The molecule has 1 heterocycles. The van der Waals surface area contributed by atoms with Gasteiger partial charge in [0.1, 0.15) is 0 Å². The van der Waals surface area contributed by atoms with Crippen LogP contribution in [-0.2, 0) is 0 Å². The number of anilines is 1. The van der Waals surface area contributed by atoms with Gasteiger partial charge < -0.3 is 10.2 Å². The molecule has 0 atom stereocenters. The van der Waals surface area contributed by atoms with Crippen molar-refractivity contribution in [2.75, 3.05) is 18.5 Å². The topological polar surface area (TPSA) is 45.2 Å². The minimum absolute atomic E-state index is 0.0780. The molecule has 0 fully saturated rings. The van der Waals surface area contributed by atoms with Crippen molar-refractivity contribution in [3.63, 3.8) is 0 Å². The summed E-state index contributed by atoms with van der Waals surface area (Å²) in [6.45, 7) is 9.04. The van der Waals surface area contributed by atoms with Gasteiger partial charge in [-0.2, -0.15) is 0 Å². The van der Waals surface area contributed by atoms with Gasteiger partial charge in [-0.05, 0) is 33.3 Å². The third kappa shape index (κ3) is 5.28. The molecule has 0 aliphatic rings. The van der Waals surface area contributed by atoms with E-state index in [9.17, 15) is 4.79 Å². The number of rotatable bonds is 5. The highest BCUT2D eigenvalue weighted by molar-refractivity contribution is 5.95. The van der Waals surface area contributed by atoms with Crippen LogP contribution in [0, 0.1) is 0 Å². The first-order valence-electron chi connectivity index (χ1n) is 6.82. The lowest BCUT2D eigenvalue weighted by atomic mass is 10.1. The molecular formula is C15H25N3O. The summed E-state index contributed by atoms with van der Waals surface area (Å²) in [4.78, 5) is 18.4. The van der Waals surface area contributed by atoms with E-state index in [1.54, 1.807) is 12.4 Å². The van der Waals surface area contributed by atoms with Gasteiger partial charge in [-0.15, -0.1) is 0 Å². The molecule has 0 aromatic carbocycles. The number of carbonyl (C=O) groups is 1. The van der Waals surface area contributed by atoms with Crippen molar-refractivity contribution < 1.29 is 4.79 Å². The third-order valence-electron chi connectivity index (χ3n) is 2.76. The predicted octanol–water partition coefficient (Wildman–Crippen LogP) is 2.85. The Balaban J connectivity index is 2.79. The number of hydrogen-bond acceptors (Lipinski definition) is 3. The molecule has 0 saturated carbocycles. The Labute approximate surface area is 116 Å². The van der Waals surface area contributed by atoms with E-state index in [0.717, 1.165) is 25.1 Å². The van der Waals surface area contributed by atoms with Gasteiger partial charge in [0.2, 0.25) is 0 Å².